The Morgan fingerprint density at radius 2 is 1.71 bits per heavy atom. The lowest BCUT2D eigenvalue weighted by Gasteiger charge is -2.36. The molecule has 0 aromatic heterocycles. The predicted octanol–water partition coefficient (Wildman–Crippen LogP) is 3.98. The van der Waals surface area contributed by atoms with Gasteiger partial charge in [-0.1, -0.05) is 13.8 Å². The molecule has 21 heavy (non-hydrogen) atoms. The Morgan fingerprint density at radius 1 is 1.14 bits per heavy atom. The monoisotopic (exact) mass is 514 g/mol. The number of benzene rings is 1. The van der Waals surface area contributed by atoms with E-state index in [1.165, 1.54) is 18.4 Å². The maximum absolute atomic E-state index is 10.0. The van der Waals surface area contributed by atoms with Crippen LogP contribution in [0.5, 0.6) is 5.75 Å². The van der Waals surface area contributed by atoms with Gasteiger partial charge < -0.3 is 10.4 Å². The van der Waals surface area contributed by atoms with Gasteiger partial charge in [0.1, 0.15) is 5.75 Å². The predicted molar refractivity (Wildman–Crippen MR) is 105 cm³/mol. The fourth-order valence-corrected chi connectivity index (χ4v) is 4.64. The third-order valence-electron chi connectivity index (χ3n) is 4.03. The molecule has 1 aromatic rings. The molecule has 1 aliphatic rings. The summed E-state index contributed by atoms with van der Waals surface area (Å²) in [7, 11) is 0. The number of rotatable bonds is 5. The zero-order valence-electron chi connectivity index (χ0n) is 12.7. The molecule has 1 heterocycles. The van der Waals surface area contributed by atoms with Crippen molar-refractivity contribution in [3.63, 3.8) is 0 Å². The van der Waals surface area contributed by atoms with Crippen molar-refractivity contribution in [2.75, 3.05) is 26.2 Å². The smallest absolute Gasteiger partial charge is 0.142 e. The molecule has 0 radical (unpaired) electrons. The SMILES string of the molecule is CC(C)CC[C@H](c1cc(I)c(O)c(I)c1)N1CCNCC1. The number of hydrogen-bond acceptors (Lipinski definition) is 3. The first-order valence-corrected chi connectivity index (χ1v) is 9.77. The van der Waals surface area contributed by atoms with Crippen molar-refractivity contribution >= 4 is 45.2 Å². The first kappa shape index (κ1) is 17.7. The quantitative estimate of drug-likeness (QED) is 0.584. The third kappa shape index (κ3) is 4.94. The van der Waals surface area contributed by atoms with Gasteiger partial charge >= 0.3 is 0 Å². The zero-order valence-corrected chi connectivity index (χ0v) is 17.0. The minimum absolute atomic E-state index is 0.419. The van der Waals surface area contributed by atoms with Crippen LogP contribution in [0.3, 0.4) is 0 Å². The number of hydrogen-bond donors (Lipinski definition) is 2. The van der Waals surface area contributed by atoms with Crippen molar-refractivity contribution in [3.05, 3.63) is 24.8 Å². The normalized spacial score (nSPS) is 18.1. The van der Waals surface area contributed by atoms with Crippen LogP contribution in [0.25, 0.3) is 0 Å². The van der Waals surface area contributed by atoms with E-state index in [0.29, 0.717) is 11.8 Å². The van der Waals surface area contributed by atoms with Crippen molar-refractivity contribution in [2.45, 2.75) is 32.7 Å². The molecule has 1 aliphatic heterocycles. The molecular formula is C16H24I2N2O. The highest BCUT2D eigenvalue weighted by atomic mass is 127. The molecule has 1 fully saturated rings. The van der Waals surface area contributed by atoms with Crippen LogP contribution in [0, 0.1) is 13.1 Å². The molecule has 0 spiro atoms. The molecule has 5 heteroatoms. The van der Waals surface area contributed by atoms with Crippen LogP contribution >= 0.6 is 45.2 Å². The maximum Gasteiger partial charge on any atom is 0.142 e. The fraction of sp³-hybridized carbons (Fsp3) is 0.625. The molecule has 3 nitrogen and oxygen atoms in total. The number of nitrogens with zero attached hydrogens (tertiary/aromatic N) is 1. The molecule has 0 unspecified atom stereocenters. The maximum atomic E-state index is 10.0. The van der Waals surface area contributed by atoms with Crippen molar-refractivity contribution in [3.8, 4) is 5.75 Å². The van der Waals surface area contributed by atoms with Crippen LogP contribution in [0.2, 0.25) is 0 Å². The van der Waals surface area contributed by atoms with E-state index in [0.717, 1.165) is 39.2 Å². The van der Waals surface area contributed by atoms with Crippen LogP contribution in [-0.2, 0) is 0 Å². The van der Waals surface area contributed by atoms with Crippen LogP contribution in [-0.4, -0.2) is 36.2 Å². The molecule has 1 atom stereocenters. The van der Waals surface area contributed by atoms with Gasteiger partial charge in [0.15, 0.2) is 0 Å². The highest BCUT2D eigenvalue weighted by Gasteiger charge is 2.23. The summed E-state index contributed by atoms with van der Waals surface area (Å²) in [5, 5.41) is 13.4. The van der Waals surface area contributed by atoms with Gasteiger partial charge in [-0.25, -0.2) is 0 Å². The summed E-state index contributed by atoms with van der Waals surface area (Å²) < 4.78 is 1.92. The van der Waals surface area contributed by atoms with Gasteiger partial charge in [0.05, 0.1) is 7.14 Å². The first-order chi connectivity index (χ1) is 9.99. The Bertz CT molecular complexity index is 450. The van der Waals surface area contributed by atoms with Gasteiger partial charge in [-0.15, -0.1) is 0 Å². The highest BCUT2D eigenvalue weighted by Crippen LogP contribution is 2.34. The molecule has 0 saturated carbocycles. The van der Waals surface area contributed by atoms with Gasteiger partial charge in [0.25, 0.3) is 0 Å². The van der Waals surface area contributed by atoms with Gasteiger partial charge in [0.2, 0.25) is 0 Å². The molecule has 118 valence electrons. The zero-order chi connectivity index (χ0) is 15.4. The molecule has 2 N–H and O–H groups in total. The summed E-state index contributed by atoms with van der Waals surface area (Å²) in [5.74, 6) is 1.15. The number of nitrogens with one attached hydrogen (secondary N) is 1. The van der Waals surface area contributed by atoms with Gasteiger partial charge in [-0.2, -0.15) is 0 Å². The van der Waals surface area contributed by atoms with E-state index in [-0.39, 0.29) is 0 Å². The number of phenols is 1. The van der Waals surface area contributed by atoms with Crippen LogP contribution in [0.15, 0.2) is 12.1 Å². The van der Waals surface area contributed by atoms with Crippen LogP contribution in [0.1, 0.15) is 38.3 Å². The molecule has 0 bridgehead atoms. The van der Waals surface area contributed by atoms with Crippen molar-refractivity contribution in [1.82, 2.24) is 10.2 Å². The van der Waals surface area contributed by atoms with E-state index in [1.807, 2.05) is 0 Å². The fourth-order valence-electron chi connectivity index (χ4n) is 2.82. The molecule has 0 aliphatic carbocycles. The van der Waals surface area contributed by atoms with E-state index in [4.69, 9.17) is 0 Å². The second-order valence-corrected chi connectivity index (χ2v) is 8.43. The van der Waals surface area contributed by atoms with Crippen molar-refractivity contribution < 1.29 is 5.11 Å². The number of phenolic OH excluding ortho intramolecular Hbond substituents is 1. The first-order valence-electron chi connectivity index (χ1n) is 7.61. The Morgan fingerprint density at radius 3 is 2.24 bits per heavy atom. The minimum atomic E-state index is 0.419. The van der Waals surface area contributed by atoms with E-state index < -0.39 is 0 Å². The Hall–Kier alpha value is 0.400. The lowest BCUT2D eigenvalue weighted by molar-refractivity contribution is 0.159. The summed E-state index contributed by atoms with van der Waals surface area (Å²) >= 11 is 4.47. The van der Waals surface area contributed by atoms with E-state index in [2.05, 4.69) is 81.4 Å². The summed E-state index contributed by atoms with van der Waals surface area (Å²) in [5.41, 5.74) is 1.35. The molecule has 2 rings (SSSR count). The average molecular weight is 514 g/mol. The van der Waals surface area contributed by atoms with E-state index in [1.54, 1.807) is 0 Å². The molecule has 1 aromatic carbocycles. The molecular weight excluding hydrogens is 490 g/mol. The topological polar surface area (TPSA) is 35.5 Å². The van der Waals surface area contributed by atoms with Crippen LogP contribution < -0.4 is 5.32 Å². The Balaban J connectivity index is 2.24. The second kappa shape index (κ2) is 8.31. The summed E-state index contributed by atoms with van der Waals surface area (Å²) in [6.45, 7) is 8.95. The van der Waals surface area contributed by atoms with Crippen molar-refractivity contribution in [2.24, 2.45) is 5.92 Å². The lowest BCUT2D eigenvalue weighted by Crippen LogP contribution is -2.45. The number of halogens is 2. The number of piperazine rings is 1. The van der Waals surface area contributed by atoms with Gasteiger partial charge in [-0.05, 0) is 81.6 Å². The summed E-state index contributed by atoms with van der Waals surface area (Å²) in [6, 6.07) is 4.79. The lowest BCUT2D eigenvalue weighted by atomic mass is 9.95. The summed E-state index contributed by atoms with van der Waals surface area (Å²) in [4.78, 5) is 2.59. The average Bonchev–Trinajstić information content (AvgIpc) is 2.45. The standard InChI is InChI=1S/C16H24I2N2O/c1-11(2)3-4-15(20-7-5-19-6-8-20)12-9-13(17)16(21)14(18)10-12/h9-11,15,19,21H,3-8H2,1-2H3/t15-/m1/s1. The van der Waals surface area contributed by atoms with Gasteiger partial charge in [-0.3, -0.25) is 4.90 Å². The largest absolute Gasteiger partial charge is 0.506 e. The molecule has 0 amide bonds. The highest BCUT2D eigenvalue weighted by molar-refractivity contribution is 14.1. The summed E-state index contributed by atoms with van der Waals surface area (Å²) in [6.07, 6.45) is 2.43. The van der Waals surface area contributed by atoms with Crippen LogP contribution in [0.4, 0.5) is 0 Å². The Kier molecular flexibility index (Phi) is 7.02. The van der Waals surface area contributed by atoms with E-state index >= 15 is 0 Å². The van der Waals surface area contributed by atoms with E-state index in [9.17, 15) is 5.11 Å². The number of aromatic hydroxyl groups is 1. The minimum Gasteiger partial charge on any atom is -0.506 e. The Labute approximate surface area is 155 Å². The third-order valence-corrected chi connectivity index (χ3v) is 5.68. The molecule has 1 saturated heterocycles. The second-order valence-electron chi connectivity index (χ2n) is 6.11. The van der Waals surface area contributed by atoms with Crippen molar-refractivity contribution in [1.29, 1.82) is 0 Å². The van der Waals surface area contributed by atoms with Gasteiger partial charge in [0, 0.05) is 32.2 Å².